The van der Waals surface area contributed by atoms with Crippen molar-refractivity contribution in [3.05, 3.63) is 35.3 Å². The minimum absolute atomic E-state index is 0.287. The number of aromatic nitrogens is 2. The van der Waals surface area contributed by atoms with Crippen LogP contribution in [0.2, 0.25) is 0 Å². The van der Waals surface area contributed by atoms with Crippen molar-refractivity contribution >= 4 is 17.4 Å². The number of nitrogens with one attached hydrogen (secondary N) is 2. The Balaban J connectivity index is 1.46. The quantitative estimate of drug-likeness (QED) is 0.777. The number of hydrogen-bond donors (Lipinski definition) is 3. The van der Waals surface area contributed by atoms with Gasteiger partial charge in [0.15, 0.2) is 0 Å². The van der Waals surface area contributed by atoms with Gasteiger partial charge in [-0.05, 0) is 12.8 Å². The maximum Gasteiger partial charge on any atom is 0.315 e. The molecule has 6 nitrogen and oxygen atoms in total. The van der Waals surface area contributed by atoms with Gasteiger partial charge in [0.1, 0.15) is 10.0 Å². The molecule has 0 aliphatic heterocycles. The Morgan fingerprint density at radius 1 is 1.12 bits per heavy atom. The molecule has 3 rings (SSSR count). The number of benzene rings is 1. The first-order valence-electron chi connectivity index (χ1n) is 8.27. The van der Waals surface area contributed by atoms with Gasteiger partial charge in [-0.3, -0.25) is 0 Å². The van der Waals surface area contributed by atoms with Crippen LogP contribution in [-0.2, 0) is 6.54 Å². The Labute approximate surface area is 145 Å². The summed E-state index contributed by atoms with van der Waals surface area (Å²) in [6.07, 6.45) is 4.71. The maximum absolute atomic E-state index is 11.9. The molecule has 2 aromatic rings. The van der Waals surface area contributed by atoms with Gasteiger partial charge >= 0.3 is 6.03 Å². The third-order valence-electron chi connectivity index (χ3n) is 4.25. The average Bonchev–Trinajstić information content (AvgIpc) is 3.09. The van der Waals surface area contributed by atoms with E-state index in [1.807, 2.05) is 30.3 Å². The number of hydrogen-bond acceptors (Lipinski definition) is 5. The third-order valence-corrected chi connectivity index (χ3v) is 5.22. The van der Waals surface area contributed by atoms with Gasteiger partial charge in [0.05, 0.1) is 12.1 Å². The summed E-state index contributed by atoms with van der Waals surface area (Å²) < 4.78 is 0. The monoisotopic (exact) mass is 346 g/mol. The van der Waals surface area contributed by atoms with E-state index in [1.165, 1.54) is 11.3 Å². The molecule has 128 valence electrons. The Kier molecular flexibility index (Phi) is 5.42. The summed E-state index contributed by atoms with van der Waals surface area (Å²) in [5.74, 6) is 0. The van der Waals surface area contributed by atoms with E-state index in [4.69, 9.17) is 0 Å². The van der Waals surface area contributed by atoms with Crippen molar-refractivity contribution in [2.24, 2.45) is 0 Å². The molecule has 0 atom stereocenters. The molecule has 24 heavy (non-hydrogen) atoms. The third kappa shape index (κ3) is 4.52. The first kappa shape index (κ1) is 16.9. The number of carbonyl (C=O) groups excluding carboxylic acids is 1. The minimum atomic E-state index is -0.751. The summed E-state index contributed by atoms with van der Waals surface area (Å²) in [6, 6.07) is 9.55. The molecule has 0 bridgehead atoms. The second kappa shape index (κ2) is 7.72. The summed E-state index contributed by atoms with van der Waals surface area (Å²) in [6.45, 7) is 0.624. The number of urea groups is 1. The Morgan fingerprint density at radius 3 is 2.62 bits per heavy atom. The van der Waals surface area contributed by atoms with Crippen LogP contribution in [0.1, 0.15) is 37.1 Å². The van der Waals surface area contributed by atoms with Crippen molar-refractivity contribution in [1.29, 1.82) is 0 Å². The fraction of sp³-hybridized carbons (Fsp3) is 0.471. The first-order valence-corrected chi connectivity index (χ1v) is 9.08. The van der Waals surface area contributed by atoms with E-state index < -0.39 is 5.60 Å². The van der Waals surface area contributed by atoms with Crippen molar-refractivity contribution < 1.29 is 9.90 Å². The molecule has 1 aromatic heterocycles. The summed E-state index contributed by atoms with van der Waals surface area (Å²) in [5, 5.41) is 25.7. The highest BCUT2D eigenvalue weighted by Crippen LogP contribution is 2.27. The van der Waals surface area contributed by atoms with Crippen LogP contribution in [0.5, 0.6) is 0 Å². The molecule has 2 amide bonds. The molecule has 0 saturated heterocycles. The highest BCUT2D eigenvalue weighted by molar-refractivity contribution is 7.14. The SMILES string of the molecule is O=C(NCc1nnc(-c2ccccc2)s1)NCC1(O)CCCCC1. The van der Waals surface area contributed by atoms with Gasteiger partial charge in [0.25, 0.3) is 0 Å². The van der Waals surface area contributed by atoms with Gasteiger partial charge in [-0.15, -0.1) is 10.2 Å². The lowest BCUT2D eigenvalue weighted by molar-refractivity contribution is 0.00719. The highest BCUT2D eigenvalue weighted by Gasteiger charge is 2.29. The van der Waals surface area contributed by atoms with E-state index in [2.05, 4.69) is 20.8 Å². The van der Waals surface area contributed by atoms with Gasteiger partial charge in [-0.25, -0.2) is 4.79 Å². The van der Waals surface area contributed by atoms with E-state index in [-0.39, 0.29) is 6.03 Å². The van der Waals surface area contributed by atoms with Crippen LogP contribution in [0.3, 0.4) is 0 Å². The second-order valence-corrected chi connectivity index (χ2v) is 7.25. The van der Waals surface area contributed by atoms with E-state index in [1.54, 1.807) is 0 Å². The van der Waals surface area contributed by atoms with Crippen LogP contribution in [0.15, 0.2) is 30.3 Å². The van der Waals surface area contributed by atoms with Crippen LogP contribution >= 0.6 is 11.3 Å². The molecule has 3 N–H and O–H groups in total. The second-order valence-electron chi connectivity index (χ2n) is 6.19. The van der Waals surface area contributed by atoms with E-state index in [0.29, 0.717) is 13.1 Å². The van der Waals surface area contributed by atoms with Crippen molar-refractivity contribution in [3.63, 3.8) is 0 Å². The molecule has 1 heterocycles. The molecular formula is C17H22N4O2S. The molecular weight excluding hydrogens is 324 g/mol. The zero-order chi connectivity index (χ0) is 16.8. The van der Waals surface area contributed by atoms with Crippen molar-refractivity contribution in [3.8, 4) is 10.6 Å². The lowest BCUT2D eigenvalue weighted by Crippen LogP contribution is -2.47. The zero-order valence-corrected chi connectivity index (χ0v) is 14.3. The number of rotatable bonds is 5. The van der Waals surface area contributed by atoms with Crippen LogP contribution in [-0.4, -0.2) is 33.5 Å². The number of aliphatic hydroxyl groups is 1. The van der Waals surface area contributed by atoms with Gasteiger partial charge in [0, 0.05) is 12.1 Å². The number of nitrogens with zero attached hydrogens (tertiary/aromatic N) is 2. The standard InChI is InChI=1S/C17H22N4O2S/c22-16(19-12-17(23)9-5-2-6-10-17)18-11-14-20-21-15(24-14)13-7-3-1-4-8-13/h1,3-4,7-8,23H,2,5-6,9-12H2,(H2,18,19,22). The molecule has 1 aromatic carbocycles. The molecule has 1 saturated carbocycles. The lowest BCUT2D eigenvalue weighted by Gasteiger charge is -2.32. The number of carbonyl (C=O) groups is 1. The summed E-state index contributed by atoms with van der Waals surface area (Å²) in [5.41, 5.74) is 0.268. The normalized spacial score (nSPS) is 16.5. The molecule has 0 unspecified atom stereocenters. The highest BCUT2D eigenvalue weighted by atomic mass is 32.1. The predicted octanol–water partition coefficient (Wildman–Crippen LogP) is 2.70. The van der Waals surface area contributed by atoms with Crippen molar-refractivity contribution in [1.82, 2.24) is 20.8 Å². The van der Waals surface area contributed by atoms with Gasteiger partial charge in [-0.2, -0.15) is 0 Å². The first-order chi connectivity index (χ1) is 11.6. The zero-order valence-electron chi connectivity index (χ0n) is 13.5. The minimum Gasteiger partial charge on any atom is -0.388 e. The van der Waals surface area contributed by atoms with Crippen LogP contribution in [0.25, 0.3) is 10.6 Å². The van der Waals surface area contributed by atoms with Crippen LogP contribution in [0, 0.1) is 0 Å². The van der Waals surface area contributed by atoms with E-state index >= 15 is 0 Å². The molecule has 7 heteroatoms. The van der Waals surface area contributed by atoms with E-state index in [0.717, 1.165) is 47.7 Å². The lowest BCUT2D eigenvalue weighted by atomic mass is 9.85. The smallest absolute Gasteiger partial charge is 0.315 e. The Bertz CT molecular complexity index is 668. The Morgan fingerprint density at radius 2 is 1.88 bits per heavy atom. The molecule has 1 aliphatic rings. The summed E-state index contributed by atoms with van der Waals surface area (Å²) in [4.78, 5) is 11.9. The van der Waals surface area contributed by atoms with E-state index in [9.17, 15) is 9.90 Å². The molecule has 0 spiro atoms. The van der Waals surface area contributed by atoms with Gasteiger partial charge in [-0.1, -0.05) is 60.9 Å². The number of amides is 2. The summed E-state index contributed by atoms with van der Waals surface area (Å²) >= 11 is 1.46. The van der Waals surface area contributed by atoms with Crippen LogP contribution in [0.4, 0.5) is 4.79 Å². The van der Waals surface area contributed by atoms with Crippen molar-refractivity contribution in [2.45, 2.75) is 44.2 Å². The largest absolute Gasteiger partial charge is 0.388 e. The van der Waals surface area contributed by atoms with Gasteiger partial charge < -0.3 is 15.7 Å². The molecule has 1 fully saturated rings. The summed E-state index contributed by atoms with van der Waals surface area (Å²) in [7, 11) is 0. The fourth-order valence-corrected chi connectivity index (χ4v) is 3.66. The van der Waals surface area contributed by atoms with Gasteiger partial charge in [0.2, 0.25) is 0 Å². The van der Waals surface area contributed by atoms with Crippen molar-refractivity contribution in [2.75, 3.05) is 6.54 Å². The molecule has 0 radical (unpaired) electrons. The predicted molar refractivity (Wildman–Crippen MR) is 93.6 cm³/mol. The fourth-order valence-electron chi connectivity index (χ4n) is 2.87. The maximum atomic E-state index is 11.9. The topological polar surface area (TPSA) is 87.1 Å². The molecule has 1 aliphatic carbocycles. The van der Waals surface area contributed by atoms with Crippen LogP contribution < -0.4 is 10.6 Å². The average molecular weight is 346 g/mol. The Hall–Kier alpha value is -1.99.